The lowest BCUT2D eigenvalue weighted by Crippen LogP contribution is -2.20. The van der Waals surface area contributed by atoms with Crippen LogP contribution in [0.2, 0.25) is 0 Å². The molecule has 0 aliphatic carbocycles. The maximum atomic E-state index is 5.59. The van der Waals surface area contributed by atoms with Crippen LogP contribution < -0.4 is 10.7 Å². The van der Waals surface area contributed by atoms with Crippen molar-refractivity contribution in [1.82, 2.24) is 0 Å². The molecular formula is C17H23N3. The molecule has 0 heterocycles. The molecule has 2 N–H and O–H groups in total. The fraction of sp³-hybridized carbons (Fsp3) is 0.235. The molecular weight excluding hydrogens is 246 g/mol. The van der Waals surface area contributed by atoms with Gasteiger partial charge in [-0.1, -0.05) is 49.1 Å². The van der Waals surface area contributed by atoms with Crippen molar-refractivity contribution in [3.8, 4) is 0 Å². The molecule has 0 atom stereocenters. The summed E-state index contributed by atoms with van der Waals surface area (Å²) in [5.41, 5.74) is 7.67. The minimum atomic E-state index is 0.656. The summed E-state index contributed by atoms with van der Waals surface area (Å²) in [6.07, 6.45) is 10.4. The second-order valence-electron chi connectivity index (χ2n) is 4.25. The molecule has 20 heavy (non-hydrogen) atoms. The minimum Gasteiger partial charge on any atom is -0.330 e. The molecule has 0 saturated carbocycles. The van der Waals surface area contributed by atoms with Gasteiger partial charge in [0, 0.05) is 6.54 Å². The van der Waals surface area contributed by atoms with Gasteiger partial charge in [0.05, 0.1) is 11.9 Å². The number of hydrazone groups is 1. The zero-order valence-corrected chi connectivity index (χ0v) is 12.1. The highest BCUT2D eigenvalue weighted by atomic mass is 15.4. The summed E-state index contributed by atoms with van der Waals surface area (Å²) in [5, 5.41) is 6.52. The number of allylic oxidation sites excluding steroid dienone is 5. The van der Waals surface area contributed by atoms with Crippen LogP contribution in [0.1, 0.15) is 13.3 Å². The van der Waals surface area contributed by atoms with E-state index in [0.29, 0.717) is 6.54 Å². The van der Waals surface area contributed by atoms with E-state index in [0.717, 1.165) is 24.2 Å². The molecule has 0 aliphatic rings. The third-order valence-corrected chi connectivity index (χ3v) is 2.64. The van der Waals surface area contributed by atoms with Gasteiger partial charge in [0.25, 0.3) is 0 Å². The number of benzene rings is 1. The molecule has 1 rings (SSSR count). The van der Waals surface area contributed by atoms with Gasteiger partial charge in [-0.3, -0.25) is 5.01 Å². The van der Waals surface area contributed by atoms with Crippen LogP contribution in [0.5, 0.6) is 0 Å². The van der Waals surface area contributed by atoms with E-state index in [9.17, 15) is 0 Å². The Morgan fingerprint density at radius 3 is 2.70 bits per heavy atom. The number of hydrogen-bond acceptors (Lipinski definition) is 3. The lowest BCUT2D eigenvalue weighted by Gasteiger charge is -2.18. The first-order chi connectivity index (χ1) is 9.81. The van der Waals surface area contributed by atoms with Gasteiger partial charge in [-0.15, -0.1) is 0 Å². The fourth-order valence-corrected chi connectivity index (χ4v) is 1.70. The van der Waals surface area contributed by atoms with Gasteiger partial charge in [-0.2, -0.15) is 5.10 Å². The van der Waals surface area contributed by atoms with E-state index in [4.69, 9.17) is 5.73 Å². The van der Waals surface area contributed by atoms with Crippen LogP contribution in [0.15, 0.2) is 71.9 Å². The number of rotatable bonds is 8. The van der Waals surface area contributed by atoms with Crippen molar-refractivity contribution in [1.29, 1.82) is 0 Å². The second kappa shape index (κ2) is 9.75. The third kappa shape index (κ3) is 5.67. The predicted octanol–water partition coefficient (Wildman–Crippen LogP) is 3.52. The van der Waals surface area contributed by atoms with Gasteiger partial charge < -0.3 is 5.73 Å². The van der Waals surface area contributed by atoms with E-state index in [2.05, 4.69) is 11.7 Å². The molecule has 0 radical (unpaired) electrons. The van der Waals surface area contributed by atoms with Gasteiger partial charge in [-0.05, 0) is 37.6 Å². The summed E-state index contributed by atoms with van der Waals surface area (Å²) in [6.45, 7) is 7.15. The fourth-order valence-electron chi connectivity index (χ4n) is 1.70. The minimum absolute atomic E-state index is 0.656. The topological polar surface area (TPSA) is 41.6 Å². The van der Waals surface area contributed by atoms with Crippen LogP contribution in [-0.4, -0.2) is 19.3 Å². The van der Waals surface area contributed by atoms with Gasteiger partial charge >= 0.3 is 0 Å². The quantitative estimate of drug-likeness (QED) is 0.446. The lowest BCUT2D eigenvalue weighted by atomic mass is 10.2. The third-order valence-electron chi connectivity index (χ3n) is 2.64. The monoisotopic (exact) mass is 269 g/mol. The Kier molecular flexibility index (Phi) is 7.77. The maximum absolute atomic E-state index is 5.59. The smallest absolute Gasteiger partial charge is 0.0593 e. The van der Waals surface area contributed by atoms with Crippen molar-refractivity contribution < 1.29 is 0 Å². The molecule has 0 unspecified atom stereocenters. The molecule has 0 saturated heterocycles. The van der Waals surface area contributed by atoms with Crippen LogP contribution in [0.25, 0.3) is 0 Å². The standard InChI is InChI=1S/C17H23N3/c1-3-9-16(10-4-2)15-19-20(14-8-13-18)17-11-6-5-7-12-17/h3-7,9-12,15H,1,8,13-14,18H2,2H3/b10-4-,16-9+,19-15+. The number of anilines is 1. The average molecular weight is 269 g/mol. The highest BCUT2D eigenvalue weighted by molar-refractivity contribution is 5.83. The average Bonchev–Trinajstić information content (AvgIpc) is 2.48. The van der Waals surface area contributed by atoms with Crippen molar-refractivity contribution in [3.63, 3.8) is 0 Å². The first kappa shape index (κ1) is 15.9. The Labute approximate surface area is 121 Å². The van der Waals surface area contributed by atoms with Gasteiger partial charge in [0.15, 0.2) is 0 Å². The molecule has 3 nitrogen and oxygen atoms in total. The van der Waals surface area contributed by atoms with Crippen molar-refractivity contribution in [2.45, 2.75) is 13.3 Å². The summed E-state index contributed by atoms with van der Waals surface area (Å²) in [4.78, 5) is 0. The second-order valence-corrected chi connectivity index (χ2v) is 4.25. The maximum Gasteiger partial charge on any atom is 0.0593 e. The number of para-hydroxylation sites is 1. The zero-order chi connectivity index (χ0) is 14.6. The first-order valence-electron chi connectivity index (χ1n) is 6.84. The Hall–Kier alpha value is -2.13. The van der Waals surface area contributed by atoms with Crippen molar-refractivity contribution >= 4 is 11.9 Å². The van der Waals surface area contributed by atoms with E-state index >= 15 is 0 Å². The molecule has 0 fully saturated rings. The van der Waals surface area contributed by atoms with Crippen molar-refractivity contribution in [2.75, 3.05) is 18.1 Å². The Bertz CT molecular complexity index is 472. The number of nitrogens with two attached hydrogens (primary N) is 1. The summed E-state index contributed by atoms with van der Waals surface area (Å²) in [5.74, 6) is 0. The Morgan fingerprint density at radius 1 is 1.35 bits per heavy atom. The number of nitrogens with zero attached hydrogens (tertiary/aromatic N) is 2. The van der Waals surface area contributed by atoms with Crippen molar-refractivity contribution in [3.05, 3.63) is 66.8 Å². The Balaban J connectivity index is 2.89. The van der Waals surface area contributed by atoms with Crippen LogP contribution in [0.4, 0.5) is 5.69 Å². The van der Waals surface area contributed by atoms with E-state index < -0.39 is 0 Å². The van der Waals surface area contributed by atoms with E-state index in [1.807, 2.05) is 66.7 Å². The first-order valence-corrected chi connectivity index (χ1v) is 6.84. The summed E-state index contributed by atoms with van der Waals surface area (Å²) in [7, 11) is 0. The predicted molar refractivity (Wildman–Crippen MR) is 89.0 cm³/mol. The molecule has 1 aromatic carbocycles. The van der Waals surface area contributed by atoms with E-state index in [1.165, 1.54) is 0 Å². The van der Waals surface area contributed by atoms with Gasteiger partial charge in [0.2, 0.25) is 0 Å². The largest absolute Gasteiger partial charge is 0.330 e. The van der Waals surface area contributed by atoms with E-state index in [1.54, 1.807) is 6.08 Å². The summed E-state index contributed by atoms with van der Waals surface area (Å²) < 4.78 is 0. The zero-order valence-electron chi connectivity index (χ0n) is 12.1. The Morgan fingerprint density at radius 2 is 2.10 bits per heavy atom. The SMILES string of the molecule is C=C/C=C(\C=C/C)/C=N/N(CCCN)c1ccccc1. The molecule has 3 heteroatoms. The van der Waals surface area contributed by atoms with Crippen molar-refractivity contribution in [2.24, 2.45) is 10.8 Å². The molecule has 0 aliphatic heterocycles. The molecule has 0 spiro atoms. The van der Waals surface area contributed by atoms with Crippen LogP contribution in [-0.2, 0) is 0 Å². The molecule has 0 amide bonds. The summed E-state index contributed by atoms with van der Waals surface area (Å²) in [6, 6.07) is 10.1. The lowest BCUT2D eigenvalue weighted by molar-refractivity contribution is 0.766. The highest BCUT2D eigenvalue weighted by Gasteiger charge is 2.02. The van der Waals surface area contributed by atoms with Crippen LogP contribution >= 0.6 is 0 Å². The highest BCUT2D eigenvalue weighted by Crippen LogP contribution is 2.14. The normalized spacial score (nSPS) is 12.2. The van der Waals surface area contributed by atoms with Gasteiger partial charge in [0.1, 0.15) is 0 Å². The van der Waals surface area contributed by atoms with Gasteiger partial charge in [-0.25, -0.2) is 0 Å². The number of hydrogen-bond donors (Lipinski definition) is 1. The molecule has 0 aromatic heterocycles. The molecule has 106 valence electrons. The molecule has 1 aromatic rings. The van der Waals surface area contributed by atoms with E-state index in [-0.39, 0.29) is 0 Å². The summed E-state index contributed by atoms with van der Waals surface area (Å²) >= 11 is 0. The van der Waals surface area contributed by atoms with Crippen LogP contribution in [0.3, 0.4) is 0 Å². The van der Waals surface area contributed by atoms with Crippen LogP contribution in [0, 0.1) is 0 Å². The molecule has 0 bridgehead atoms.